The fraction of sp³-hybridized carbons (Fsp3) is 0.182. The average Bonchev–Trinajstić information content (AvgIpc) is 3.46. The molecule has 0 bridgehead atoms. The summed E-state index contributed by atoms with van der Waals surface area (Å²) < 4.78 is 22.8. The van der Waals surface area contributed by atoms with Crippen LogP contribution in [0.15, 0.2) is 59.2 Å². The van der Waals surface area contributed by atoms with Crippen molar-refractivity contribution in [2.45, 2.75) is 6.54 Å². The van der Waals surface area contributed by atoms with Gasteiger partial charge in [-0.05, 0) is 48.5 Å². The minimum Gasteiger partial charge on any atom is -0.495 e. The zero-order chi connectivity index (χ0) is 21.8. The zero-order valence-electron chi connectivity index (χ0n) is 16.8. The highest BCUT2D eigenvalue weighted by Gasteiger charge is 2.24. The van der Waals surface area contributed by atoms with E-state index in [4.69, 9.17) is 30.2 Å². The number of amides is 1. The van der Waals surface area contributed by atoms with Crippen molar-refractivity contribution in [1.82, 2.24) is 4.98 Å². The third-order valence-electron chi connectivity index (χ3n) is 4.50. The normalized spacial score (nSPS) is 10.8. The number of hydrogen-bond acceptors (Lipinski definition) is 7. The van der Waals surface area contributed by atoms with Crippen molar-refractivity contribution in [1.29, 1.82) is 0 Å². The fourth-order valence-electron chi connectivity index (χ4n) is 2.96. The molecule has 160 valence electrons. The van der Waals surface area contributed by atoms with E-state index in [2.05, 4.69) is 4.98 Å². The molecule has 4 aromatic rings. The summed E-state index contributed by atoms with van der Waals surface area (Å²) in [5, 5.41) is 1.08. The van der Waals surface area contributed by atoms with Crippen LogP contribution in [0.25, 0.3) is 10.2 Å². The molecule has 0 aliphatic rings. The quantitative estimate of drug-likeness (QED) is 0.362. The highest BCUT2D eigenvalue weighted by Crippen LogP contribution is 2.40. The van der Waals surface area contributed by atoms with Crippen molar-refractivity contribution in [2.75, 3.05) is 25.7 Å². The molecule has 0 N–H and O–H groups in total. The number of benzene rings is 2. The van der Waals surface area contributed by atoms with Crippen molar-refractivity contribution in [3.05, 3.63) is 65.6 Å². The number of nitrogens with zero attached hydrogens (tertiary/aromatic N) is 2. The van der Waals surface area contributed by atoms with Gasteiger partial charge < -0.3 is 18.6 Å². The first-order valence-electron chi connectivity index (χ1n) is 9.31. The lowest BCUT2D eigenvalue weighted by atomic mass is 10.3. The molecule has 31 heavy (non-hydrogen) atoms. The predicted octanol–water partition coefficient (Wildman–Crippen LogP) is 5.17. The molecule has 0 aliphatic carbocycles. The van der Waals surface area contributed by atoms with E-state index in [1.54, 1.807) is 62.9 Å². The standard InChI is InChI=1S/C22H19ClN2O5S/c1-27-17-9-10-18(28-2)21-20(17)24-22(31-21)25(12-16-4-3-11-29-16)19(26)13-30-15-7-5-14(23)6-8-15/h3-11H,12-13H2,1-2H3. The summed E-state index contributed by atoms with van der Waals surface area (Å²) >= 11 is 7.24. The minimum atomic E-state index is -0.275. The lowest BCUT2D eigenvalue weighted by Gasteiger charge is -2.19. The summed E-state index contributed by atoms with van der Waals surface area (Å²) in [5.74, 6) is 2.15. The number of anilines is 1. The number of carbonyl (C=O) groups is 1. The van der Waals surface area contributed by atoms with Crippen molar-refractivity contribution < 1.29 is 23.4 Å². The van der Waals surface area contributed by atoms with Crippen LogP contribution in [-0.4, -0.2) is 31.7 Å². The second kappa shape index (κ2) is 9.28. The van der Waals surface area contributed by atoms with Gasteiger partial charge in [0.05, 0.1) is 27.0 Å². The molecule has 9 heteroatoms. The van der Waals surface area contributed by atoms with Gasteiger partial charge in [0.15, 0.2) is 11.7 Å². The molecule has 7 nitrogen and oxygen atoms in total. The molecule has 2 heterocycles. The van der Waals surface area contributed by atoms with Crippen molar-refractivity contribution >= 4 is 44.2 Å². The molecule has 0 radical (unpaired) electrons. The predicted molar refractivity (Wildman–Crippen MR) is 120 cm³/mol. The van der Waals surface area contributed by atoms with E-state index in [9.17, 15) is 4.79 Å². The third kappa shape index (κ3) is 4.60. The molecule has 0 atom stereocenters. The number of rotatable bonds is 8. The maximum atomic E-state index is 13.1. The Morgan fingerprint density at radius 2 is 1.84 bits per heavy atom. The first-order chi connectivity index (χ1) is 15.1. The molecule has 0 aliphatic heterocycles. The van der Waals surface area contributed by atoms with Crippen LogP contribution in [0.3, 0.4) is 0 Å². The summed E-state index contributed by atoms with van der Waals surface area (Å²) in [5.41, 5.74) is 0.623. The van der Waals surface area contributed by atoms with Crippen LogP contribution < -0.4 is 19.1 Å². The van der Waals surface area contributed by atoms with Crippen molar-refractivity contribution in [2.24, 2.45) is 0 Å². The summed E-state index contributed by atoms with van der Waals surface area (Å²) in [6, 6.07) is 14.0. The molecule has 4 rings (SSSR count). The van der Waals surface area contributed by atoms with E-state index in [0.29, 0.717) is 38.7 Å². The second-order valence-electron chi connectivity index (χ2n) is 6.45. The lowest BCUT2D eigenvalue weighted by molar-refractivity contribution is -0.120. The van der Waals surface area contributed by atoms with Gasteiger partial charge in [-0.15, -0.1) is 0 Å². The van der Waals surface area contributed by atoms with Gasteiger partial charge in [0.25, 0.3) is 5.91 Å². The van der Waals surface area contributed by atoms with Crippen LogP contribution in [0, 0.1) is 0 Å². The molecule has 2 aromatic heterocycles. The molecule has 0 unspecified atom stereocenters. The molecule has 0 saturated carbocycles. The van der Waals surface area contributed by atoms with Crippen molar-refractivity contribution in [3.8, 4) is 17.2 Å². The highest BCUT2D eigenvalue weighted by atomic mass is 35.5. The number of fused-ring (bicyclic) bond motifs is 1. The molecule has 2 aromatic carbocycles. The molecule has 1 amide bonds. The van der Waals surface area contributed by atoms with Gasteiger partial charge in [0, 0.05) is 5.02 Å². The Morgan fingerprint density at radius 1 is 1.10 bits per heavy atom. The first kappa shape index (κ1) is 21.0. The number of aromatic nitrogens is 1. The van der Waals surface area contributed by atoms with Gasteiger partial charge in [-0.25, -0.2) is 4.98 Å². The van der Waals surface area contributed by atoms with E-state index in [0.717, 1.165) is 4.70 Å². The molecular formula is C22H19ClN2O5S. The Bertz CT molecular complexity index is 1130. The average molecular weight is 459 g/mol. The van der Waals surface area contributed by atoms with Gasteiger partial charge in [0.1, 0.15) is 33.2 Å². The number of furan rings is 1. The van der Waals surface area contributed by atoms with Gasteiger partial charge in [-0.2, -0.15) is 0 Å². The van der Waals surface area contributed by atoms with Gasteiger partial charge in [-0.1, -0.05) is 22.9 Å². The summed E-state index contributed by atoms with van der Waals surface area (Å²) in [7, 11) is 3.17. The first-order valence-corrected chi connectivity index (χ1v) is 10.5. The molecular weight excluding hydrogens is 440 g/mol. The molecule has 0 spiro atoms. The second-order valence-corrected chi connectivity index (χ2v) is 7.86. The van der Waals surface area contributed by atoms with Gasteiger partial charge in [-0.3, -0.25) is 9.69 Å². The highest BCUT2D eigenvalue weighted by molar-refractivity contribution is 7.22. The van der Waals surface area contributed by atoms with Crippen LogP contribution in [-0.2, 0) is 11.3 Å². The number of carbonyl (C=O) groups excluding carboxylic acids is 1. The fourth-order valence-corrected chi connectivity index (χ4v) is 4.18. The Balaban J connectivity index is 1.65. The lowest BCUT2D eigenvalue weighted by Crippen LogP contribution is -2.34. The Kier molecular flexibility index (Phi) is 6.29. The van der Waals surface area contributed by atoms with E-state index in [-0.39, 0.29) is 19.1 Å². The Labute approximate surface area is 187 Å². The van der Waals surface area contributed by atoms with E-state index >= 15 is 0 Å². The van der Waals surface area contributed by atoms with E-state index < -0.39 is 0 Å². The summed E-state index contributed by atoms with van der Waals surface area (Å²) in [6.07, 6.45) is 1.56. The number of ether oxygens (including phenoxy) is 3. The van der Waals surface area contributed by atoms with E-state index in [1.807, 2.05) is 6.07 Å². The summed E-state index contributed by atoms with van der Waals surface area (Å²) in [6.45, 7) is 0.0345. The number of hydrogen-bond donors (Lipinski definition) is 0. The third-order valence-corrected chi connectivity index (χ3v) is 5.85. The maximum Gasteiger partial charge on any atom is 0.267 e. The van der Waals surface area contributed by atoms with Crippen LogP contribution in [0.5, 0.6) is 17.2 Å². The van der Waals surface area contributed by atoms with Gasteiger partial charge in [0.2, 0.25) is 0 Å². The number of thiazole rings is 1. The van der Waals surface area contributed by atoms with Crippen LogP contribution in [0.2, 0.25) is 5.02 Å². The SMILES string of the molecule is COc1ccc(OC)c2sc(N(Cc3ccco3)C(=O)COc3ccc(Cl)cc3)nc12. The Hall–Kier alpha value is -3.23. The van der Waals surface area contributed by atoms with Crippen LogP contribution in [0.1, 0.15) is 5.76 Å². The minimum absolute atomic E-state index is 0.174. The van der Waals surface area contributed by atoms with Gasteiger partial charge >= 0.3 is 0 Å². The Morgan fingerprint density at radius 3 is 2.52 bits per heavy atom. The summed E-state index contributed by atoms with van der Waals surface area (Å²) in [4.78, 5) is 19.3. The largest absolute Gasteiger partial charge is 0.495 e. The monoisotopic (exact) mass is 458 g/mol. The maximum absolute atomic E-state index is 13.1. The number of methoxy groups -OCH3 is 2. The topological polar surface area (TPSA) is 74.0 Å². The van der Waals surface area contributed by atoms with Crippen LogP contribution >= 0.6 is 22.9 Å². The van der Waals surface area contributed by atoms with Crippen molar-refractivity contribution in [3.63, 3.8) is 0 Å². The smallest absolute Gasteiger partial charge is 0.267 e. The number of halogens is 1. The molecule has 0 saturated heterocycles. The zero-order valence-corrected chi connectivity index (χ0v) is 18.4. The van der Waals surface area contributed by atoms with E-state index in [1.165, 1.54) is 16.2 Å². The molecule has 0 fully saturated rings. The van der Waals surface area contributed by atoms with Crippen LogP contribution in [0.4, 0.5) is 5.13 Å².